The predicted octanol–water partition coefficient (Wildman–Crippen LogP) is 0.313. The largest absolute Gasteiger partial charge is 0.394 e. The van der Waals surface area contributed by atoms with E-state index in [1.165, 1.54) is 0 Å². The summed E-state index contributed by atoms with van der Waals surface area (Å²) in [6.45, 7) is -1.54. The lowest BCUT2D eigenvalue weighted by molar-refractivity contribution is -0.128. The number of hydrogen-bond acceptors (Lipinski definition) is 4. The molecule has 1 fully saturated rings. The molecule has 4 N–H and O–H groups in total. The number of hydrogen-bond donors (Lipinski definition) is 4. The van der Waals surface area contributed by atoms with Gasteiger partial charge in [0.2, 0.25) is 5.91 Å². The maximum atomic E-state index is 12.4. The number of amides is 1. The van der Waals surface area contributed by atoms with Gasteiger partial charge in [0.25, 0.3) is 0 Å². The van der Waals surface area contributed by atoms with E-state index in [1.807, 2.05) is 24.3 Å². The molecule has 6 heteroatoms. The van der Waals surface area contributed by atoms with E-state index < -0.39 is 30.8 Å². The van der Waals surface area contributed by atoms with Crippen molar-refractivity contribution in [3.05, 3.63) is 34.3 Å². The number of rotatable bonds is 6. The Balaban J connectivity index is 2.18. The van der Waals surface area contributed by atoms with Gasteiger partial charge in [-0.3, -0.25) is 4.79 Å². The Bertz CT molecular complexity index is 472. The quantitative estimate of drug-likeness (QED) is 0.598. The zero-order valence-corrected chi connectivity index (χ0v) is 12.6. The first-order valence-corrected chi connectivity index (χ1v) is 7.22. The summed E-state index contributed by atoms with van der Waals surface area (Å²) in [6, 6.07) is 7.52. The van der Waals surface area contributed by atoms with E-state index in [2.05, 4.69) is 21.2 Å². The van der Waals surface area contributed by atoms with Gasteiger partial charge in [0.1, 0.15) is 5.54 Å². The van der Waals surface area contributed by atoms with Crippen LogP contribution >= 0.6 is 15.9 Å². The van der Waals surface area contributed by atoms with Crippen LogP contribution in [0.1, 0.15) is 18.4 Å². The van der Waals surface area contributed by atoms with Crippen LogP contribution in [0, 0.1) is 0 Å². The summed E-state index contributed by atoms with van der Waals surface area (Å²) in [5.41, 5.74) is -1.08. The molecule has 1 aliphatic rings. The van der Waals surface area contributed by atoms with Gasteiger partial charge in [-0.05, 0) is 30.5 Å². The van der Waals surface area contributed by atoms with Crippen LogP contribution in [0.3, 0.4) is 0 Å². The highest BCUT2D eigenvalue weighted by Gasteiger charge is 2.52. The van der Waals surface area contributed by atoms with Gasteiger partial charge in [-0.25, -0.2) is 0 Å². The van der Waals surface area contributed by atoms with E-state index >= 15 is 0 Å². The standard InChI is InChI=1S/C14H18BrNO4/c15-11-3-1-10(2-4-11)14(5-6-14)12(20)16-13(7-17,8-18)9-19/h1-4,17-19H,5-9H2,(H,16,20). The van der Waals surface area contributed by atoms with Crippen molar-refractivity contribution < 1.29 is 20.1 Å². The van der Waals surface area contributed by atoms with Crippen molar-refractivity contribution in [1.82, 2.24) is 5.32 Å². The van der Waals surface area contributed by atoms with Gasteiger partial charge in [-0.1, -0.05) is 28.1 Å². The van der Waals surface area contributed by atoms with E-state index in [1.54, 1.807) is 0 Å². The van der Waals surface area contributed by atoms with Crippen molar-refractivity contribution in [2.24, 2.45) is 0 Å². The van der Waals surface area contributed by atoms with Gasteiger partial charge >= 0.3 is 0 Å². The van der Waals surface area contributed by atoms with E-state index in [4.69, 9.17) is 0 Å². The second-order valence-corrected chi connectivity index (χ2v) is 6.21. The second-order valence-electron chi connectivity index (χ2n) is 5.30. The van der Waals surface area contributed by atoms with E-state index in [-0.39, 0.29) is 5.91 Å². The molecule has 1 amide bonds. The molecule has 0 saturated heterocycles. The Labute approximate surface area is 125 Å². The predicted molar refractivity (Wildman–Crippen MR) is 77.2 cm³/mol. The zero-order chi connectivity index (χ0) is 14.8. The molecule has 0 heterocycles. The third kappa shape index (κ3) is 2.74. The van der Waals surface area contributed by atoms with E-state index in [9.17, 15) is 20.1 Å². The van der Waals surface area contributed by atoms with E-state index in [0.717, 1.165) is 22.9 Å². The molecule has 0 aliphatic heterocycles. The SMILES string of the molecule is O=C(NC(CO)(CO)CO)C1(c2ccc(Br)cc2)CC1. The molecule has 20 heavy (non-hydrogen) atoms. The molecule has 1 aromatic rings. The van der Waals surface area contributed by atoms with Gasteiger partial charge in [0, 0.05) is 4.47 Å². The van der Waals surface area contributed by atoms with Crippen LogP contribution in [0.2, 0.25) is 0 Å². The molecular formula is C14H18BrNO4. The van der Waals surface area contributed by atoms with Gasteiger partial charge in [-0.15, -0.1) is 0 Å². The summed E-state index contributed by atoms with van der Waals surface area (Å²) in [6.07, 6.45) is 1.44. The first-order chi connectivity index (χ1) is 9.52. The summed E-state index contributed by atoms with van der Waals surface area (Å²) >= 11 is 3.35. The Kier molecular flexibility index (Phi) is 4.49. The fourth-order valence-corrected chi connectivity index (χ4v) is 2.43. The molecule has 0 bridgehead atoms. The number of carbonyl (C=O) groups excluding carboxylic acids is 1. The fourth-order valence-electron chi connectivity index (χ4n) is 2.17. The lowest BCUT2D eigenvalue weighted by Gasteiger charge is -2.31. The summed E-state index contributed by atoms with van der Waals surface area (Å²) < 4.78 is 0.938. The molecule has 0 spiro atoms. The number of halogens is 1. The highest BCUT2D eigenvalue weighted by molar-refractivity contribution is 9.10. The number of aliphatic hydroxyl groups is 3. The Morgan fingerprint density at radius 1 is 1.15 bits per heavy atom. The van der Waals surface area contributed by atoms with Gasteiger partial charge < -0.3 is 20.6 Å². The summed E-state index contributed by atoms with van der Waals surface area (Å²) in [7, 11) is 0. The normalized spacial score (nSPS) is 16.8. The van der Waals surface area contributed by atoms with Gasteiger partial charge in [0.15, 0.2) is 0 Å². The van der Waals surface area contributed by atoms with Crippen LogP contribution in [0.4, 0.5) is 0 Å². The number of carbonyl (C=O) groups is 1. The number of nitrogens with one attached hydrogen (secondary N) is 1. The highest BCUT2D eigenvalue weighted by atomic mass is 79.9. The first-order valence-electron chi connectivity index (χ1n) is 6.43. The summed E-state index contributed by atoms with van der Waals surface area (Å²) in [4.78, 5) is 12.4. The molecule has 1 aliphatic carbocycles. The lowest BCUT2D eigenvalue weighted by atomic mass is 9.93. The molecule has 110 valence electrons. The van der Waals surface area contributed by atoms with Crippen molar-refractivity contribution in [2.45, 2.75) is 23.8 Å². The van der Waals surface area contributed by atoms with Crippen LogP contribution < -0.4 is 5.32 Å². The van der Waals surface area contributed by atoms with Crippen LogP contribution in [0.25, 0.3) is 0 Å². The fraction of sp³-hybridized carbons (Fsp3) is 0.500. The van der Waals surface area contributed by atoms with Crippen LogP contribution in [0.5, 0.6) is 0 Å². The second kappa shape index (κ2) is 5.81. The Morgan fingerprint density at radius 2 is 1.65 bits per heavy atom. The van der Waals surface area contributed by atoms with Crippen molar-refractivity contribution in [3.8, 4) is 0 Å². The molecule has 0 atom stereocenters. The third-order valence-electron chi connectivity index (χ3n) is 3.87. The topological polar surface area (TPSA) is 89.8 Å². The van der Waals surface area contributed by atoms with Crippen LogP contribution in [0.15, 0.2) is 28.7 Å². The minimum atomic E-state index is -1.37. The van der Waals surface area contributed by atoms with Gasteiger partial charge in [0.05, 0.1) is 25.2 Å². The third-order valence-corrected chi connectivity index (χ3v) is 4.40. The average Bonchev–Trinajstić information content (AvgIpc) is 3.27. The molecule has 0 unspecified atom stereocenters. The first kappa shape index (κ1) is 15.4. The molecule has 1 aromatic carbocycles. The van der Waals surface area contributed by atoms with Crippen molar-refractivity contribution in [3.63, 3.8) is 0 Å². The molecule has 2 rings (SSSR count). The molecule has 5 nitrogen and oxygen atoms in total. The van der Waals surface area contributed by atoms with Crippen LogP contribution in [-0.2, 0) is 10.2 Å². The molecular weight excluding hydrogens is 326 g/mol. The van der Waals surface area contributed by atoms with Gasteiger partial charge in [-0.2, -0.15) is 0 Å². The van der Waals surface area contributed by atoms with Crippen molar-refractivity contribution in [2.75, 3.05) is 19.8 Å². The number of benzene rings is 1. The summed E-state index contributed by atoms with van der Waals surface area (Å²) in [5, 5.41) is 30.4. The Hall–Kier alpha value is -0.950. The van der Waals surface area contributed by atoms with Crippen LogP contribution in [-0.4, -0.2) is 46.6 Å². The number of aliphatic hydroxyl groups excluding tert-OH is 3. The molecule has 0 aromatic heterocycles. The monoisotopic (exact) mass is 343 g/mol. The lowest BCUT2D eigenvalue weighted by Crippen LogP contribution is -2.59. The van der Waals surface area contributed by atoms with Crippen molar-refractivity contribution in [1.29, 1.82) is 0 Å². The Morgan fingerprint density at radius 3 is 2.05 bits per heavy atom. The minimum absolute atomic E-state index is 0.267. The highest BCUT2D eigenvalue weighted by Crippen LogP contribution is 2.48. The minimum Gasteiger partial charge on any atom is -0.394 e. The summed E-state index contributed by atoms with van der Waals surface area (Å²) in [5.74, 6) is -0.267. The van der Waals surface area contributed by atoms with E-state index in [0.29, 0.717) is 0 Å². The zero-order valence-electron chi connectivity index (χ0n) is 11.0. The maximum Gasteiger partial charge on any atom is 0.231 e. The van der Waals surface area contributed by atoms with Crippen molar-refractivity contribution >= 4 is 21.8 Å². The molecule has 1 saturated carbocycles. The molecule has 0 radical (unpaired) electrons. The maximum absolute atomic E-state index is 12.4. The average molecular weight is 344 g/mol. The smallest absolute Gasteiger partial charge is 0.231 e.